The number of carbonyl (C=O) groups excluding carboxylic acids is 1. The average Bonchev–Trinajstić information content (AvgIpc) is 3.20. The molecule has 5 N–H and O–H groups in total. The number of piperidine rings is 1. The van der Waals surface area contributed by atoms with E-state index in [9.17, 15) is 13.2 Å². The Hall–Kier alpha value is -0.700. The van der Waals surface area contributed by atoms with Gasteiger partial charge in [-0.2, -0.15) is 8.42 Å². The van der Waals surface area contributed by atoms with Crippen LogP contribution in [0.15, 0.2) is 0 Å². The average molecular weight is 304 g/mol. The van der Waals surface area contributed by atoms with Crippen LogP contribution in [0.3, 0.4) is 0 Å². The van der Waals surface area contributed by atoms with Crippen LogP contribution < -0.4 is 15.6 Å². The molecule has 1 aliphatic heterocycles. The van der Waals surface area contributed by atoms with E-state index < -0.39 is 10.2 Å². The second-order valence-electron chi connectivity index (χ2n) is 5.95. The van der Waals surface area contributed by atoms with Crippen molar-refractivity contribution < 1.29 is 13.2 Å². The first kappa shape index (κ1) is 15.7. The molecule has 0 spiro atoms. The van der Waals surface area contributed by atoms with Crippen LogP contribution >= 0.6 is 0 Å². The molecule has 1 saturated carbocycles. The first-order valence-corrected chi connectivity index (χ1v) is 8.70. The van der Waals surface area contributed by atoms with E-state index in [1.54, 1.807) is 4.90 Å². The lowest BCUT2D eigenvalue weighted by Crippen LogP contribution is -2.46. The fourth-order valence-corrected chi connectivity index (χ4v) is 3.18. The van der Waals surface area contributed by atoms with Gasteiger partial charge in [0.2, 0.25) is 5.91 Å². The number of nitrogens with two attached hydrogens (primary N) is 2. The lowest BCUT2D eigenvalue weighted by molar-refractivity contribution is -0.133. The molecule has 1 saturated heterocycles. The molecule has 0 aromatic carbocycles. The zero-order chi connectivity index (χ0) is 14.8. The molecule has 2 rings (SSSR count). The molecule has 20 heavy (non-hydrogen) atoms. The Kier molecular flexibility index (Phi) is 5.00. The van der Waals surface area contributed by atoms with E-state index in [0.29, 0.717) is 18.9 Å². The highest BCUT2D eigenvalue weighted by atomic mass is 32.2. The molecule has 2 fully saturated rings. The Bertz CT molecular complexity index is 450. The van der Waals surface area contributed by atoms with Crippen molar-refractivity contribution in [2.45, 2.75) is 38.1 Å². The van der Waals surface area contributed by atoms with Crippen LogP contribution in [-0.2, 0) is 15.0 Å². The van der Waals surface area contributed by atoms with Crippen LogP contribution in [0.4, 0.5) is 0 Å². The standard InChI is InChI=1S/C12H24N4O3S/c13-11(10-3-4-10)6-12(17)16-5-1-2-9(8-16)7-15-20(14,18)19/h9-11,15H,1-8,13H2,(H2,14,18,19). The van der Waals surface area contributed by atoms with Crippen LogP contribution in [-0.4, -0.2) is 44.9 Å². The number of hydrogen-bond donors (Lipinski definition) is 3. The molecule has 1 amide bonds. The minimum absolute atomic E-state index is 0.0228. The van der Waals surface area contributed by atoms with Gasteiger partial charge in [-0.1, -0.05) is 0 Å². The number of nitrogens with zero attached hydrogens (tertiary/aromatic N) is 1. The van der Waals surface area contributed by atoms with Gasteiger partial charge >= 0.3 is 0 Å². The van der Waals surface area contributed by atoms with E-state index in [1.165, 1.54) is 0 Å². The van der Waals surface area contributed by atoms with Gasteiger partial charge in [0, 0.05) is 32.1 Å². The summed E-state index contributed by atoms with van der Waals surface area (Å²) in [6, 6.07) is -0.0228. The minimum Gasteiger partial charge on any atom is -0.342 e. The fourth-order valence-electron chi connectivity index (χ4n) is 2.71. The number of likely N-dealkylation sites (tertiary alicyclic amines) is 1. The second-order valence-corrected chi connectivity index (χ2v) is 7.33. The van der Waals surface area contributed by atoms with Gasteiger partial charge in [-0.25, -0.2) is 9.86 Å². The van der Waals surface area contributed by atoms with Crippen LogP contribution in [0, 0.1) is 11.8 Å². The van der Waals surface area contributed by atoms with E-state index >= 15 is 0 Å². The van der Waals surface area contributed by atoms with Crippen molar-refractivity contribution in [1.82, 2.24) is 9.62 Å². The Morgan fingerprint density at radius 2 is 2.05 bits per heavy atom. The topological polar surface area (TPSA) is 119 Å². The summed E-state index contributed by atoms with van der Waals surface area (Å²) in [7, 11) is -3.66. The molecular formula is C12H24N4O3S. The van der Waals surface area contributed by atoms with E-state index in [2.05, 4.69) is 4.72 Å². The second kappa shape index (κ2) is 6.38. The number of amides is 1. The smallest absolute Gasteiger partial charge is 0.274 e. The summed E-state index contributed by atoms with van der Waals surface area (Å²) in [5.74, 6) is 0.733. The van der Waals surface area contributed by atoms with Crippen LogP contribution in [0.2, 0.25) is 0 Å². The van der Waals surface area contributed by atoms with Crippen molar-refractivity contribution in [2.75, 3.05) is 19.6 Å². The first-order chi connectivity index (χ1) is 9.35. The maximum atomic E-state index is 12.2. The third-order valence-electron chi connectivity index (χ3n) is 4.08. The van der Waals surface area contributed by atoms with E-state index in [0.717, 1.165) is 32.2 Å². The van der Waals surface area contributed by atoms with Gasteiger partial charge in [-0.15, -0.1) is 0 Å². The lowest BCUT2D eigenvalue weighted by atomic mass is 9.97. The Morgan fingerprint density at radius 3 is 2.65 bits per heavy atom. The largest absolute Gasteiger partial charge is 0.342 e. The molecule has 0 aromatic rings. The molecular weight excluding hydrogens is 280 g/mol. The molecule has 0 radical (unpaired) electrons. The van der Waals surface area contributed by atoms with Gasteiger partial charge in [0.15, 0.2) is 0 Å². The summed E-state index contributed by atoms with van der Waals surface area (Å²) in [6.45, 7) is 1.61. The SMILES string of the molecule is NC(CC(=O)N1CCCC(CNS(N)(=O)=O)C1)C1CC1. The third kappa shape index (κ3) is 5.01. The molecule has 8 heteroatoms. The summed E-state index contributed by atoms with van der Waals surface area (Å²) in [6.07, 6.45) is 4.47. The summed E-state index contributed by atoms with van der Waals surface area (Å²) in [5.41, 5.74) is 5.98. The summed E-state index contributed by atoms with van der Waals surface area (Å²) in [5, 5.41) is 4.92. The van der Waals surface area contributed by atoms with E-state index in [4.69, 9.17) is 10.9 Å². The minimum atomic E-state index is -3.66. The Morgan fingerprint density at radius 1 is 1.35 bits per heavy atom. The van der Waals surface area contributed by atoms with Crippen LogP contribution in [0.1, 0.15) is 32.1 Å². The zero-order valence-corrected chi connectivity index (χ0v) is 12.4. The molecule has 0 aromatic heterocycles. The van der Waals surface area contributed by atoms with Crippen molar-refractivity contribution >= 4 is 16.1 Å². The number of carbonyl (C=O) groups is 1. The van der Waals surface area contributed by atoms with Crippen molar-refractivity contribution in [3.8, 4) is 0 Å². The van der Waals surface area contributed by atoms with Crippen LogP contribution in [0.25, 0.3) is 0 Å². The number of rotatable bonds is 6. The van der Waals surface area contributed by atoms with Crippen molar-refractivity contribution in [3.63, 3.8) is 0 Å². The monoisotopic (exact) mass is 304 g/mol. The highest BCUT2D eigenvalue weighted by molar-refractivity contribution is 7.87. The summed E-state index contributed by atoms with van der Waals surface area (Å²) in [4.78, 5) is 14.0. The van der Waals surface area contributed by atoms with Gasteiger partial charge < -0.3 is 10.6 Å². The normalized spacial score (nSPS) is 25.5. The quantitative estimate of drug-likeness (QED) is 0.592. The van der Waals surface area contributed by atoms with Crippen molar-refractivity contribution in [1.29, 1.82) is 0 Å². The van der Waals surface area contributed by atoms with Crippen molar-refractivity contribution in [3.05, 3.63) is 0 Å². The van der Waals surface area contributed by atoms with Gasteiger partial charge in [0.25, 0.3) is 10.2 Å². The molecule has 2 atom stereocenters. The molecule has 2 aliphatic rings. The first-order valence-electron chi connectivity index (χ1n) is 7.16. The maximum absolute atomic E-state index is 12.2. The molecule has 7 nitrogen and oxygen atoms in total. The highest BCUT2D eigenvalue weighted by Crippen LogP contribution is 2.33. The van der Waals surface area contributed by atoms with Gasteiger partial charge in [-0.05, 0) is 37.5 Å². The number of hydrogen-bond acceptors (Lipinski definition) is 4. The summed E-state index contributed by atoms with van der Waals surface area (Å²) >= 11 is 0. The Labute approximate surface area is 120 Å². The highest BCUT2D eigenvalue weighted by Gasteiger charge is 2.32. The van der Waals surface area contributed by atoms with Gasteiger partial charge in [0.05, 0.1) is 0 Å². The zero-order valence-electron chi connectivity index (χ0n) is 11.6. The molecule has 0 bridgehead atoms. The fraction of sp³-hybridized carbons (Fsp3) is 0.917. The predicted octanol–water partition coefficient (Wildman–Crippen LogP) is -0.854. The Balaban J connectivity index is 1.78. The summed E-state index contributed by atoms with van der Waals surface area (Å²) < 4.78 is 24.1. The maximum Gasteiger partial charge on any atom is 0.274 e. The molecule has 1 aliphatic carbocycles. The van der Waals surface area contributed by atoms with Gasteiger partial charge in [0.1, 0.15) is 0 Å². The van der Waals surface area contributed by atoms with E-state index in [1.807, 2.05) is 0 Å². The predicted molar refractivity (Wildman–Crippen MR) is 75.7 cm³/mol. The molecule has 1 heterocycles. The molecule has 116 valence electrons. The lowest BCUT2D eigenvalue weighted by Gasteiger charge is -2.33. The van der Waals surface area contributed by atoms with E-state index in [-0.39, 0.29) is 24.4 Å². The molecule has 2 unspecified atom stereocenters. The van der Waals surface area contributed by atoms with Crippen molar-refractivity contribution in [2.24, 2.45) is 22.7 Å². The third-order valence-corrected chi connectivity index (χ3v) is 4.65. The van der Waals surface area contributed by atoms with Gasteiger partial charge in [-0.3, -0.25) is 4.79 Å². The van der Waals surface area contributed by atoms with Crippen LogP contribution in [0.5, 0.6) is 0 Å². The number of nitrogens with one attached hydrogen (secondary N) is 1.